The number of halogens is 3. The number of alkyl halides is 3. The molecular weight excluding hydrogens is 515 g/mol. The lowest BCUT2D eigenvalue weighted by atomic mass is 9.85. The van der Waals surface area contributed by atoms with Crippen molar-refractivity contribution in [1.29, 1.82) is 0 Å². The van der Waals surface area contributed by atoms with Crippen LogP contribution in [-0.4, -0.2) is 61.6 Å². The third-order valence-electron chi connectivity index (χ3n) is 6.31. The molecule has 2 aliphatic rings. The number of benzene rings is 2. The molecule has 0 saturated carbocycles. The lowest BCUT2D eigenvalue weighted by Crippen LogP contribution is -2.49. The molecule has 1 unspecified atom stereocenters. The lowest BCUT2D eigenvalue weighted by Gasteiger charge is -2.36. The number of ether oxygens (including phenoxy) is 1. The van der Waals surface area contributed by atoms with Crippen molar-refractivity contribution < 1.29 is 26.3 Å². The first-order valence-corrected chi connectivity index (χ1v) is 13.6. The molecule has 1 aromatic heterocycles. The van der Waals surface area contributed by atoms with Crippen molar-refractivity contribution in [3.05, 3.63) is 65.5 Å². The molecule has 1 fully saturated rings. The third-order valence-corrected chi connectivity index (χ3v) is 8.36. The van der Waals surface area contributed by atoms with Gasteiger partial charge in [-0.05, 0) is 29.2 Å². The lowest BCUT2D eigenvalue weighted by molar-refractivity contribution is -0.148. The number of nitrogens with zero attached hydrogens (tertiary/aromatic N) is 3. The fraction of sp³-hybridized carbons (Fsp3) is 0.391. The molecule has 1 saturated heterocycles. The van der Waals surface area contributed by atoms with Crippen LogP contribution in [-0.2, 0) is 16.4 Å². The summed E-state index contributed by atoms with van der Waals surface area (Å²) >= 11 is 0.940. The van der Waals surface area contributed by atoms with Gasteiger partial charge in [0, 0.05) is 49.2 Å². The molecule has 0 radical (unpaired) electrons. The molecule has 3 heterocycles. The molecule has 3 aromatic rings. The first kappa shape index (κ1) is 24.9. The van der Waals surface area contributed by atoms with E-state index in [4.69, 9.17) is 4.74 Å². The van der Waals surface area contributed by atoms with Gasteiger partial charge < -0.3 is 10.1 Å². The van der Waals surface area contributed by atoms with Crippen LogP contribution < -0.4 is 14.8 Å². The number of hydrogen-bond donors (Lipinski definition) is 2. The molecule has 0 bridgehead atoms. The minimum absolute atomic E-state index is 0.0181. The summed E-state index contributed by atoms with van der Waals surface area (Å²) < 4.78 is 76.4. The average molecular weight is 540 g/mol. The highest BCUT2D eigenvalue weighted by molar-refractivity contribution is 7.93. The second kappa shape index (κ2) is 9.96. The number of piperazine rings is 1. The van der Waals surface area contributed by atoms with E-state index >= 15 is 0 Å². The number of sulfonamides is 1. The van der Waals surface area contributed by atoms with Crippen LogP contribution in [0.5, 0.6) is 5.75 Å². The van der Waals surface area contributed by atoms with Gasteiger partial charge in [0.2, 0.25) is 5.13 Å². The van der Waals surface area contributed by atoms with Crippen LogP contribution in [0.15, 0.2) is 53.7 Å². The standard InChI is InChI=1S/C23H24F3N5O3S2/c24-23(25,26)13-31-8-7-27-20(11-31)19-4-2-1-3-18(19)16-9-15-5-6-17(10-21(15)34-12-16)36(32,33)30-22-28-14-29-35-22/h1-6,10,14,16,20,27H,7-9,11-13H2,(H,28,29,30)/t16?,20-/m0/s1. The maximum absolute atomic E-state index is 13.0. The minimum Gasteiger partial charge on any atom is -0.493 e. The van der Waals surface area contributed by atoms with Gasteiger partial charge in [0.1, 0.15) is 12.1 Å². The molecule has 2 atom stereocenters. The van der Waals surface area contributed by atoms with Crippen molar-refractivity contribution in [1.82, 2.24) is 19.6 Å². The topological polar surface area (TPSA) is 96.5 Å². The maximum atomic E-state index is 13.0. The Balaban J connectivity index is 1.33. The molecule has 2 N–H and O–H groups in total. The summed E-state index contributed by atoms with van der Waals surface area (Å²) in [6, 6.07) is 12.3. The van der Waals surface area contributed by atoms with Gasteiger partial charge >= 0.3 is 6.18 Å². The highest BCUT2D eigenvalue weighted by Gasteiger charge is 2.34. The van der Waals surface area contributed by atoms with Crippen molar-refractivity contribution in [3.8, 4) is 5.75 Å². The van der Waals surface area contributed by atoms with Crippen LogP contribution in [0.1, 0.15) is 28.7 Å². The highest BCUT2D eigenvalue weighted by atomic mass is 32.2. The Bertz CT molecular complexity index is 1320. The van der Waals surface area contributed by atoms with E-state index in [2.05, 4.69) is 19.4 Å². The minimum atomic E-state index is -4.23. The van der Waals surface area contributed by atoms with Gasteiger partial charge in [0.05, 0.1) is 18.0 Å². The van der Waals surface area contributed by atoms with Crippen LogP contribution in [0.25, 0.3) is 0 Å². The summed E-state index contributed by atoms with van der Waals surface area (Å²) in [5, 5.41) is 3.54. The van der Waals surface area contributed by atoms with Gasteiger partial charge in [-0.1, -0.05) is 30.3 Å². The molecule has 0 aliphatic carbocycles. The number of aromatic nitrogens is 2. The van der Waals surface area contributed by atoms with Gasteiger partial charge in [-0.3, -0.25) is 9.62 Å². The van der Waals surface area contributed by atoms with E-state index in [1.807, 2.05) is 24.3 Å². The van der Waals surface area contributed by atoms with E-state index in [1.54, 1.807) is 6.07 Å². The Kier molecular flexibility index (Phi) is 6.90. The first-order chi connectivity index (χ1) is 17.2. The Morgan fingerprint density at radius 2 is 2.00 bits per heavy atom. The molecule has 0 amide bonds. The first-order valence-electron chi connectivity index (χ1n) is 11.3. The number of hydrogen-bond acceptors (Lipinski definition) is 8. The number of anilines is 1. The third kappa shape index (κ3) is 5.64. The zero-order chi connectivity index (χ0) is 25.3. The number of rotatable bonds is 6. The Morgan fingerprint density at radius 3 is 2.75 bits per heavy atom. The summed E-state index contributed by atoms with van der Waals surface area (Å²) in [7, 11) is -3.84. The fourth-order valence-electron chi connectivity index (χ4n) is 4.73. The molecule has 5 rings (SSSR count). The molecule has 36 heavy (non-hydrogen) atoms. The summed E-state index contributed by atoms with van der Waals surface area (Å²) in [4.78, 5) is 5.34. The van der Waals surface area contributed by atoms with E-state index in [0.29, 0.717) is 31.9 Å². The van der Waals surface area contributed by atoms with Crippen molar-refractivity contribution in [2.45, 2.75) is 29.5 Å². The second-order valence-electron chi connectivity index (χ2n) is 8.82. The highest BCUT2D eigenvalue weighted by Crippen LogP contribution is 2.37. The quantitative estimate of drug-likeness (QED) is 0.495. The molecule has 2 aromatic carbocycles. The monoisotopic (exact) mass is 539 g/mol. The summed E-state index contributed by atoms with van der Waals surface area (Å²) in [6.07, 6.45) is -2.34. The Morgan fingerprint density at radius 1 is 1.19 bits per heavy atom. The zero-order valence-corrected chi connectivity index (χ0v) is 20.7. The number of fused-ring (bicyclic) bond motifs is 1. The molecular formula is C23H24F3N5O3S2. The van der Waals surface area contributed by atoms with Crippen LogP contribution in [0.2, 0.25) is 0 Å². The van der Waals surface area contributed by atoms with Crippen molar-refractivity contribution >= 4 is 26.7 Å². The average Bonchev–Trinajstić information content (AvgIpc) is 3.35. The van der Waals surface area contributed by atoms with Crippen LogP contribution in [0, 0.1) is 0 Å². The summed E-state index contributed by atoms with van der Waals surface area (Å²) in [5.74, 6) is 0.478. The van der Waals surface area contributed by atoms with Gasteiger partial charge in [-0.25, -0.2) is 13.4 Å². The molecule has 0 spiro atoms. The molecule has 192 valence electrons. The zero-order valence-electron chi connectivity index (χ0n) is 19.0. The summed E-state index contributed by atoms with van der Waals surface area (Å²) in [5.41, 5.74) is 2.84. The normalized spacial score (nSPS) is 21.0. The maximum Gasteiger partial charge on any atom is 0.401 e. The van der Waals surface area contributed by atoms with E-state index in [9.17, 15) is 21.6 Å². The molecule has 2 aliphatic heterocycles. The van der Waals surface area contributed by atoms with E-state index < -0.39 is 22.7 Å². The SMILES string of the molecule is O=S(=O)(Nc1ncns1)c1ccc2c(c1)OCC(c1ccccc1[C@@H]1CN(CC(F)(F)F)CCN1)C2. The van der Waals surface area contributed by atoms with Crippen LogP contribution in [0.3, 0.4) is 0 Å². The number of nitrogens with one attached hydrogen (secondary N) is 2. The smallest absolute Gasteiger partial charge is 0.401 e. The van der Waals surface area contributed by atoms with E-state index in [-0.39, 0.29) is 28.5 Å². The van der Waals surface area contributed by atoms with Gasteiger partial charge in [0.15, 0.2) is 0 Å². The van der Waals surface area contributed by atoms with Crippen LogP contribution in [0.4, 0.5) is 18.3 Å². The van der Waals surface area contributed by atoms with E-state index in [0.717, 1.165) is 28.2 Å². The van der Waals surface area contributed by atoms with Crippen molar-refractivity contribution in [2.75, 3.05) is 37.5 Å². The Labute approximate surface area is 210 Å². The largest absolute Gasteiger partial charge is 0.493 e. The van der Waals surface area contributed by atoms with Gasteiger partial charge in [-0.15, -0.1) is 0 Å². The predicted molar refractivity (Wildman–Crippen MR) is 129 cm³/mol. The van der Waals surface area contributed by atoms with Gasteiger partial charge in [-0.2, -0.15) is 17.5 Å². The Hall–Kier alpha value is -2.74. The van der Waals surface area contributed by atoms with Gasteiger partial charge in [0.25, 0.3) is 10.0 Å². The van der Waals surface area contributed by atoms with Crippen molar-refractivity contribution in [2.24, 2.45) is 0 Å². The predicted octanol–water partition coefficient (Wildman–Crippen LogP) is 3.57. The fourth-order valence-corrected chi connectivity index (χ4v) is 6.40. The van der Waals surface area contributed by atoms with Crippen molar-refractivity contribution in [3.63, 3.8) is 0 Å². The van der Waals surface area contributed by atoms with E-state index in [1.165, 1.54) is 23.4 Å². The molecule has 8 nitrogen and oxygen atoms in total. The summed E-state index contributed by atoms with van der Waals surface area (Å²) in [6.45, 7) is 0.491. The van der Waals surface area contributed by atoms with Crippen LogP contribution >= 0.6 is 11.5 Å². The second-order valence-corrected chi connectivity index (χ2v) is 11.3. The molecule has 13 heteroatoms.